The largest absolute Gasteiger partial charge is 0.480 e. The van der Waals surface area contributed by atoms with Crippen LogP contribution < -0.4 is 0 Å². The molecular weight excluding hydrogens is 410 g/mol. The maximum absolute atomic E-state index is 12.6. The third kappa shape index (κ3) is 2.94. The molecule has 0 saturated carbocycles. The lowest BCUT2D eigenvalue weighted by Crippen LogP contribution is -2.56. The summed E-state index contributed by atoms with van der Waals surface area (Å²) in [5.74, 6) is -1.14. The van der Waals surface area contributed by atoms with E-state index in [0.29, 0.717) is 11.4 Å². The summed E-state index contributed by atoms with van der Waals surface area (Å²) in [6.45, 7) is 4.31. The number of carbonyl (C=O) groups is 2. The summed E-state index contributed by atoms with van der Waals surface area (Å²) in [6, 6.07) is 0.959. The molecule has 1 N–H and O–H groups in total. The van der Waals surface area contributed by atoms with Crippen molar-refractivity contribution in [2.24, 2.45) is 5.41 Å². The molecule has 1 fully saturated rings. The van der Waals surface area contributed by atoms with Crippen molar-refractivity contribution in [2.75, 3.05) is 6.54 Å². The summed E-state index contributed by atoms with van der Waals surface area (Å²) in [7, 11) is 0. The van der Waals surface area contributed by atoms with E-state index < -0.39 is 17.4 Å². The Kier molecular flexibility index (Phi) is 4.61. The predicted octanol–water partition coefficient (Wildman–Crippen LogP) is 3.99. The Morgan fingerprint density at radius 1 is 1.45 bits per heavy atom. The predicted molar refractivity (Wildman–Crippen MR) is 85.2 cm³/mol. The lowest BCUT2D eigenvalue weighted by molar-refractivity contribution is -0.148. The smallest absolute Gasteiger partial charge is 0.326 e. The fourth-order valence-electron chi connectivity index (χ4n) is 2.67. The van der Waals surface area contributed by atoms with Gasteiger partial charge in [-0.2, -0.15) is 0 Å². The van der Waals surface area contributed by atoms with Gasteiger partial charge in [-0.15, -0.1) is 11.3 Å². The van der Waals surface area contributed by atoms with Gasteiger partial charge in [0.05, 0.1) is 8.66 Å². The summed E-state index contributed by atoms with van der Waals surface area (Å²) in [5.41, 5.74) is -0.411. The first kappa shape index (κ1) is 16.0. The van der Waals surface area contributed by atoms with Gasteiger partial charge in [0.2, 0.25) is 0 Å². The SMILES string of the molecule is CC1(C)CCCN(C(=O)c2cc(Br)c(Br)s2)C1C(=O)O. The fraction of sp³-hybridized carbons (Fsp3) is 0.538. The third-order valence-corrected chi connectivity index (χ3v) is 6.87. The van der Waals surface area contributed by atoms with Gasteiger partial charge in [-0.1, -0.05) is 13.8 Å². The van der Waals surface area contributed by atoms with E-state index in [9.17, 15) is 14.7 Å². The molecule has 1 amide bonds. The molecule has 4 nitrogen and oxygen atoms in total. The van der Waals surface area contributed by atoms with Crippen LogP contribution in [0.5, 0.6) is 0 Å². The molecule has 1 aliphatic rings. The minimum Gasteiger partial charge on any atom is -0.480 e. The minimum absolute atomic E-state index is 0.207. The van der Waals surface area contributed by atoms with Crippen molar-refractivity contribution in [3.63, 3.8) is 0 Å². The number of aliphatic carboxylic acids is 1. The van der Waals surface area contributed by atoms with Gasteiger partial charge in [-0.05, 0) is 56.2 Å². The highest BCUT2D eigenvalue weighted by Crippen LogP contribution is 2.38. The molecule has 0 radical (unpaired) electrons. The van der Waals surface area contributed by atoms with E-state index in [1.165, 1.54) is 16.2 Å². The number of amides is 1. The number of hydrogen-bond donors (Lipinski definition) is 1. The Balaban J connectivity index is 2.34. The molecule has 7 heteroatoms. The summed E-state index contributed by atoms with van der Waals surface area (Å²) in [6.07, 6.45) is 1.64. The number of piperidine rings is 1. The van der Waals surface area contributed by atoms with Crippen molar-refractivity contribution in [1.82, 2.24) is 4.90 Å². The molecule has 2 heterocycles. The standard InChI is InChI=1S/C13H15Br2NO3S/c1-13(2)4-3-5-16(9(13)12(18)19)11(17)8-6-7(14)10(15)20-8/h6,9H,3-5H2,1-2H3,(H,18,19). The Morgan fingerprint density at radius 3 is 2.60 bits per heavy atom. The van der Waals surface area contributed by atoms with E-state index in [1.54, 1.807) is 6.07 Å². The number of carboxylic acid groups (broad SMARTS) is 1. The Hall–Kier alpha value is -0.400. The van der Waals surface area contributed by atoms with Crippen LogP contribution in [-0.2, 0) is 4.79 Å². The van der Waals surface area contributed by atoms with Crippen LogP contribution in [0.3, 0.4) is 0 Å². The van der Waals surface area contributed by atoms with E-state index in [1.807, 2.05) is 13.8 Å². The zero-order valence-corrected chi connectivity index (χ0v) is 15.1. The average molecular weight is 425 g/mol. The second-order valence-electron chi connectivity index (χ2n) is 5.56. The van der Waals surface area contributed by atoms with Crippen molar-refractivity contribution >= 4 is 55.1 Å². The number of likely N-dealkylation sites (tertiary alicyclic amines) is 1. The number of nitrogens with zero attached hydrogens (tertiary/aromatic N) is 1. The molecule has 110 valence electrons. The van der Waals surface area contributed by atoms with Crippen LogP contribution in [0.4, 0.5) is 0 Å². The fourth-order valence-corrected chi connectivity index (χ4v) is 4.66. The summed E-state index contributed by atoms with van der Waals surface area (Å²) >= 11 is 8.03. The highest BCUT2D eigenvalue weighted by molar-refractivity contribution is 9.13. The molecule has 1 aromatic rings. The second-order valence-corrected chi connectivity index (χ2v) is 8.79. The van der Waals surface area contributed by atoms with Crippen molar-refractivity contribution in [3.05, 3.63) is 19.2 Å². The molecule has 1 unspecified atom stereocenters. The molecule has 0 aromatic carbocycles. The molecule has 1 aromatic heterocycles. The molecule has 0 spiro atoms. The van der Waals surface area contributed by atoms with Gasteiger partial charge in [0.25, 0.3) is 5.91 Å². The Morgan fingerprint density at radius 2 is 2.10 bits per heavy atom. The maximum atomic E-state index is 12.6. The molecule has 2 rings (SSSR count). The Bertz CT molecular complexity index is 536. The number of rotatable bonds is 2. The van der Waals surface area contributed by atoms with E-state index >= 15 is 0 Å². The molecule has 1 saturated heterocycles. The van der Waals surface area contributed by atoms with E-state index in [2.05, 4.69) is 31.9 Å². The third-order valence-electron chi connectivity index (χ3n) is 3.62. The number of carbonyl (C=O) groups excluding carboxylic acids is 1. The van der Waals surface area contributed by atoms with Crippen LogP contribution in [0, 0.1) is 5.41 Å². The minimum atomic E-state index is -0.933. The molecule has 0 bridgehead atoms. The summed E-state index contributed by atoms with van der Waals surface area (Å²) in [4.78, 5) is 26.2. The first-order valence-electron chi connectivity index (χ1n) is 6.22. The van der Waals surface area contributed by atoms with Crippen molar-refractivity contribution in [1.29, 1.82) is 0 Å². The van der Waals surface area contributed by atoms with Gasteiger partial charge < -0.3 is 10.0 Å². The molecular formula is C13H15Br2NO3S. The highest BCUT2D eigenvalue weighted by Gasteiger charge is 2.44. The van der Waals surface area contributed by atoms with E-state index in [4.69, 9.17) is 0 Å². The average Bonchev–Trinajstić information content (AvgIpc) is 2.66. The van der Waals surface area contributed by atoms with Gasteiger partial charge in [-0.3, -0.25) is 4.79 Å². The normalized spacial score (nSPS) is 21.8. The van der Waals surface area contributed by atoms with Gasteiger partial charge in [0.1, 0.15) is 6.04 Å². The van der Waals surface area contributed by atoms with Crippen LogP contribution in [0.2, 0.25) is 0 Å². The maximum Gasteiger partial charge on any atom is 0.326 e. The molecule has 1 aliphatic heterocycles. The number of carboxylic acids is 1. The first-order chi connectivity index (χ1) is 9.24. The topological polar surface area (TPSA) is 57.6 Å². The van der Waals surface area contributed by atoms with Gasteiger partial charge in [-0.25, -0.2) is 4.79 Å². The zero-order chi connectivity index (χ0) is 15.1. The van der Waals surface area contributed by atoms with Gasteiger partial charge in [0.15, 0.2) is 0 Å². The van der Waals surface area contributed by atoms with Crippen molar-refractivity contribution in [3.8, 4) is 0 Å². The Labute approximate surface area is 138 Å². The van der Waals surface area contributed by atoms with Crippen LogP contribution in [0.25, 0.3) is 0 Å². The first-order valence-corrected chi connectivity index (χ1v) is 8.63. The summed E-state index contributed by atoms with van der Waals surface area (Å²) < 4.78 is 1.65. The van der Waals surface area contributed by atoms with Crippen LogP contribution in [0.1, 0.15) is 36.4 Å². The van der Waals surface area contributed by atoms with E-state index in [-0.39, 0.29) is 5.91 Å². The van der Waals surface area contributed by atoms with Crippen LogP contribution >= 0.6 is 43.2 Å². The van der Waals surface area contributed by atoms with Crippen LogP contribution in [0.15, 0.2) is 14.3 Å². The number of halogens is 2. The highest BCUT2D eigenvalue weighted by atomic mass is 79.9. The summed E-state index contributed by atoms with van der Waals surface area (Å²) in [5, 5.41) is 9.49. The van der Waals surface area contributed by atoms with Gasteiger partial charge in [0, 0.05) is 11.0 Å². The zero-order valence-electron chi connectivity index (χ0n) is 11.2. The molecule has 0 aliphatic carbocycles. The monoisotopic (exact) mass is 423 g/mol. The number of thiophene rings is 1. The van der Waals surface area contributed by atoms with Crippen molar-refractivity contribution < 1.29 is 14.7 Å². The van der Waals surface area contributed by atoms with E-state index in [0.717, 1.165) is 21.1 Å². The van der Waals surface area contributed by atoms with Crippen molar-refractivity contribution in [2.45, 2.75) is 32.7 Å². The number of hydrogen-bond acceptors (Lipinski definition) is 3. The quantitative estimate of drug-likeness (QED) is 0.780. The second kappa shape index (κ2) is 5.77. The lowest BCUT2D eigenvalue weighted by Gasteiger charge is -2.43. The van der Waals surface area contributed by atoms with Crippen LogP contribution in [-0.4, -0.2) is 34.5 Å². The molecule has 1 atom stereocenters. The molecule has 20 heavy (non-hydrogen) atoms. The van der Waals surface area contributed by atoms with Gasteiger partial charge >= 0.3 is 5.97 Å². The lowest BCUT2D eigenvalue weighted by atomic mass is 9.76.